The van der Waals surface area contributed by atoms with Crippen LogP contribution in [0.25, 0.3) is 10.9 Å². The number of hydrogen-bond donors (Lipinski definition) is 1. The molecule has 0 radical (unpaired) electrons. The molecule has 1 heterocycles. The average molecular weight is 220 g/mol. The Balaban J connectivity index is 2.26. The second kappa shape index (κ2) is 3.07. The molecule has 0 spiro atoms. The lowest BCUT2D eigenvalue weighted by atomic mass is 10.2. The van der Waals surface area contributed by atoms with Crippen LogP contribution >= 0.6 is 11.6 Å². The minimum absolute atomic E-state index is 0.521. The molecular formula is C11H10ClN3. The Hall–Kier alpha value is -1.35. The van der Waals surface area contributed by atoms with Crippen LogP contribution in [0.3, 0.4) is 0 Å². The van der Waals surface area contributed by atoms with E-state index in [2.05, 4.69) is 9.97 Å². The molecule has 1 aromatic heterocycles. The molecule has 0 atom stereocenters. The fourth-order valence-corrected chi connectivity index (χ4v) is 1.84. The molecule has 1 aliphatic rings. The number of nitrogens with zero attached hydrogens (tertiary/aromatic N) is 2. The van der Waals surface area contributed by atoms with Crippen molar-refractivity contribution in [3.8, 4) is 0 Å². The van der Waals surface area contributed by atoms with Gasteiger partial charge in [-0.15, -0.1) is 0 Å². The van der Waals surface area contributed by atoms with Gasteiger partial charge in [-0.1, -0.05) is 11.6 Å². The lowest BCUT2D eigenvalue weighted by Crippen LogP contribution is -1.99. The zero-order chi connectivity index (χ0) is 10.4. The zero-order valence-corrected chi connectivity index (χ0v) is 8.83. The van der Waals surface area contributed by atoms with Gasteiger partial charge in [-0.2, -0.15) is 0 Å². The van der Waals surface area contributed by atoms with Crippen molar-refractivity contribution in [1.29, 1.82) is 0 Å². The average Bonchev–Trinajstić information content (AvgIpc) is 3.02. The van der Waals surface area contributed by atoms with Gasteiger partial charge >= 0.3 is 0 Å². The summed E-state index contributed by atoms with van der Waals surface area (Å²) in [6.45, 7) is 0. The maximum atomic E-state index is 5.89. The first-order valence-electron chi connectivity index (χ1n) is 4.97. The summed E-state index contributed by atoms with van der Waals surface area (Å²) in [5.74, 6) is 1.93. The van der Waals surface area contributed by atoms with Gasteiger partial charge in [-0.3, -0.25) is 0 Å². The molecular weight excluding hydrogens is 210 g/mol. The first kappa shape index (κ1) is 8.92. The van der Waals surface area contributed by atoms with Crippen molar-refractivity contribution < 1.29 is 0 Å². The van der Waals surface area contributed by atoms with Crippen LogP contribution in [0.5, 0.6) is 0 Å². The number of hydrogen-bond acceptors (Lipinski definition) is 3. The van der Waals surface area contributed by atoms with Crippen molar-refractivity contribution >= 4 is 28.3 Å². The van der Waals surface area contributed by atoms with Crippen LogP contribution in [0.1, 0.15) is 24.6 Å². The van der Waals surface area contributed by atoms with E-state index in [0.29, 0.717) is 16.8 Å². The molecule has 0 bridgehead atoms. The van der Waals surface area contributed by atoms with Gasteiger partial charge in [-0.25, -0.2) is 9.97 Å². The third kappa shape index (κ3) is 1.53. The molecule has 3 nitrogen and oxygen atoms in total. The summed E-state index contributed by atoms with van der Waals surface area (Å²) in [5.41, 5.74) is 6.76. The Labute approximate surface area is 92.3 Å². The Kier molecular flexibility index (Phi) is 1.83. The van der Waals surface area contributed by atoms with Crippen LogP contribution in [-0.2, 0) is 0 Å². The highest BCUT2D eigenvalue weighted by molar-refractivity contribution is 6.31. The third-order valence-electron chi connectivity index (χ3n) is 2.65. The van der Waals surface area contributed by atoms with Crippen molar-refractivity contribution in [2.24, 2.45) is 0 Å². The van der Waals surface area contributed by atoms with E-state index in [4.69, 9.17) is 17.3 Å². The number of halogens is 1. The van der Waals surface area contributed by atoms with Gasteiger partial charge in [0.1, 0.15) is 11.6 Å². The second-order valence-electron chi connectivity index (χ2n) is 3.90. The van der Waals surface area contributed by atoms with E-state index in [1.165, 1.54) is 12.8 Å². The van der Waals surface area contributed by atoms with E-state index in [1.54, 1.807) is 0 Å². The highest BCUT2D eigenvalue weighted by Crippen LogP contribution is 2.39. The van der Waals surface area contributed by atoms with E-state index >= 15 is 0 Å². The summed E-state index contributed by atoms with van der Waals surface area (Å²) >= 11 is 5.89. The molecule has 1 saturated carbocycles. The summed E-state index contributed by atoms with van der Waals surface area (Å²) in [7, 11) is 0. The van der Waals surface area contributed by atoms with Gasteiger partial charge in [0.2, 0.25) is 0 Å². The minimum atomic E-state index is 0.521. The van der Waals surface area contributed by atoms with Crippen LogP contribution in [0.2, 0.25) is 5.02 Å². The summed E-state index contributed by atoms with van der Waals surface area (Å²) in [4.78, 5) is 8.80. The zero-order valence-electron chi connectivity index (χ0n) is 8.07. The molecule has 1 fully saturated rings. The van der Waals surface area contributed by atoms with Crippen molar-refractivity contribution in [3.63, 3.8) is 0 Å². The molecule has 76 valence electrons. The van der Waals surface area contributed by atoms with E-state index in [-0.39, 0.29) is 0 Å². The van der Waals surface area contributed by atoms with Crippen molar-refractivity contribution in [3.05, 3.63) is 29.0 Å². The summed E-state index contributed by atoms with van der Waals surface area (Å²) in [6, 6.07) is 5.53. The molecule has 1 aliphatic carbocycles. The maximum Gasteiger partial charge on any atom is 0.135 e. The molecule has 0 saturated heterocycles. The number of fused-ring (bicyclic) bond motifs is 1. The van der Waals surface area contributed by atoms with Gasteiger partial charge in [0, 0.05) is 16.3 Å². The fraction of sp³-hybridized carbons (Fsp3) is 0.273. The third-order valence-corrected chi connectivity index (χ3v) is 2.88. The number of nitrogen functional groups attached to an aromatic ring is 1. The summed E-state index contributed by atoms with van der Waals surface area (Å²) < 4.78 is 0. The van der Waals surface area contributed by atoms with Gasteiger partial charge in [0.15, 0.2) is 0 Å². The lowest BCUT2D eigenvalue weighted by molar-refractivity contribution is 0.952. The number of anilines is 1. The molecule has 2 aromatic rings. The van der Waals surface area contributed by atoms with Crippen molar-refractivity contribution in [1.82, 2.24) is 9.97 Å². The predicted molar refractivity (Wildman–Crippen MR) is 60.9 cm³/mol. The van der Waals surface area contributed by atoms with Crippen molar-refractivity contribution in [2.75, 3.05) is 5.73 Å². The van der Waals surface area contributed by atoms with Gasteiger partial charge in [0.25, 0.3) is 0 Å². The minimum Gasteiger partial charge on any atom is -0.383 e. The molecule has 0 aliphatic heterocycles. The summed E-state index contributed by atoms with van der Waals surface area (Å²) in [6.07, 6.45) is 2.36. The predicted octanol–water partition coefficient (Wildman–Crippen LogP) is 2.74. The standard InChI is InChI=1S/C11H10ClN3/c12-7-3-4-9-8(5-7)10(13)15-11(14-9)6-1-2-6/h3-6H,1-2H2,(H2,13,14,15). The largest absolute Gasteiger partial charge is 0.383 e. The topological polar surface area (TPSA) is 51.8 Å². The Bertz CT molecular complexity index is 535. The van der Waals surface area contributed by atoms with Gasteiger partial charge < -0.3 is 5.73 Å². The molecule has 0 unspecified atom stereocenters. The van der Waals surface area contributed by atoms with Gasteiger partial charge in [0.05, 0.1) is 5.52 Å². The second-order valence-corrected chi connectivity index (χ2v) is 4.34. The van der Waals surface area contributed by atoms with E-state index in [0.717, 1.165) is 16.7 Å². The molecule has 15 heavy (non-hydrogen) atoms. The lowest BCUT2D eigenvalue weighted by Gasteiger charge is -2.04. The molecule has 0 amide bonds. The first-order chi connectivity index (χ1) is 7.24. The molecule has 1 aromatic carbocycles. The Morgan fingerprint density at radius 3 is 2.80 bits per heavy atom. The molecule has 2 N–H and O–H groups in total. The Morgan fingerprint density at radius 1 is 1.27 bits per heavy atom. The van der Waals surface area contributed by atoms with Crippen LogP contribution in [0.15, 0.2) is 18.2 Å². The van der Waals surface area contributed by atoms with Gasteiger partial charge in [-0.05, 0) is 31.0 Å². The monoisotopic (exact) mass is 219 g/mol. The number of rotatable bonds is 1. The quantitative estimate of drug-likeness (QED) is 0.803. The summed E-state index contributed by atoms with van der Waals surface area (Å²) in [5, 5.41) is 1.50. The molecule has 3 rings (SSSR count). The highest BCUT2D eigenvalue weighted by Gasteiger charge is 2.27. The number of benzene rings is 1. The highest BCUT2D eigenvalue weighted by atomic mass is 35.5. The maximum absolute atomic E-state index is 5.89. The van der Waals surface area contributed by atoms with Crippen LogP contribution in [0.4, 0.5) is 5.82 Å². The van der Waals surface area contributed by atoms with E-state index in [9.17, 15) is 0 Å². The number of aromatic nitrogens is 2. The normalized spacial score (nSPS) is 15.8. The van der Waals surface area contributed by atoms with E-state index in [1.807, 2.05) is 18.2 Å². The molecule has 4 heteroatoms. The smallest absolute Gasteiger partial charge is 0.135 e. The first-order valence-corrected chi connectivity index (χ1v) is 5.34. The van der Waals surface area contributed by atoms with E-state index < -0.39 is 0 Å². The number of nitrogens with two attached hydrogens (primary N) is 1. The van der Waals surface area contributed by atoms with Crippen molar-refractivity contribution in [2.45, 2.75) is 18.8 Å². The van der Waals surface area contributed by atoms with Crippen LogP contribution in [0, 0.1) is 0 Å². The SMILES string of the molecule is Nc1nc(C2CC2)nc2ccc(Cl)cc12. The van der Waals surface area contributed by atoms with Crippen LogP contribution < -0.4 is 5.73 Å². The fourth-order valence-electron chi connectivity index (χ4n) is 1.67. The van der Waals surface area contributed by atoms with Crippen LogP contribution in [-0.4, -0.2) is 9.97 Å². The Morgan fingerprint density at radius 2 is 2.07 bits per heavy atom.